The summed E-state index contributed by atoms with van der Waals surface area (Å²) in [6, 6.07) is 0. The van der Waals surface area contributed by atoms with Crippen LogP contribution in [0.5, 0.6) is 0 Å². The standard InChI is InChI=1S/C8H16O3S/c1-2-6-3-7(5-9)8(4-6)12(10)11/h6-9,12H,2-5H2,1H3. The Morgan fingerprint density at radius 1 is 1.42 bits per heavy atom. The van der Waals surface area contributed by atoms with E-state index >= 15 is 0 Å². The van der Waals surface area contributed by atoms with E-state index in [0.29, 0.717) is 5.92 Å². The van der Waals surface area contributed by atoms with Crippen molar-refractivity contribution in [2.45, 2.75) is 31.4 Å². The fraction of sp³-hybridized carbons (Fsp3) is 1.00. The van der Waals surface area contributed by atoms with E-state index in [-0.39, 0.29) is 17.8 Å². The first kappa shape index (κ1) is 9.99. The maximum atomic E-state index is 10.8. The molecule has 0 heterocycles. The van der Waals surface area contributed by atoms with Crippen LogP contribution in [0.15, 0.2) is 0 Å². The fourth-order valence-corrected chi connectivity index (χ4v) is 3.03. The van der Waals surface area contributed by atoms with Gasteiger partial charge in [-0.3, -0.25) is 0 Å². The second kappa shape index (κ2) is 4.23. The molecule has 4 heteroatoms. The lowest BCUT2D eigenvalue weighted by Gasteiger charge is -2.08. The van der Waals surface area contributed by atoms with Gasteiger partial charge in [-0.25, -0.2) is 8.42 Å². The Morgan fingerprint density at radius 2 is 2.08 bits per heavy atom. The highest BCUT2D eigenvalue weighted by Crippen LogP contribution is 2.34. The van der Waals surface area contributed by atoms with Crippen LogP contribution in [0, 0.1) is 11.8 Å². The molecule has 1 fully saturated rings. The van der Waals surface area contributed by atoms with E-state index in [1.807, 2.05) is 0 Å². The highest BCUT2D eigenvalue weighted by molar-refractivity contribution is 7.73. The highest BCUT2D eigenvalue weighted by Gasteiger charge is 2.34. The smallest absolute Gasteiger partial charge is 0.143 e. The average molecular weight is 192 g/mol. The number of thiol groups is 1. The van der Waals surface area contributed by atoms with Gasteiger partial charge in [0.05, 0.1) is 5.25 Å². The van der Waals surface area contributed by atoms with Crippen molar-refractivity contribution < 1.29 is 13.5 Å². The summed E-state index contributed by atoms with van der Waals surface area (Å²) in [5.41, 5.74) is 0. The van der Waals surface area contributed by atoms with E-state index in [0.717, 1.165) is 19.3 Å². The van der Waals surface area contributed by atoms with Gasteiger partial charge in [0, 0.05) is 6.61 Å². The number of hydrogen-bond donors (Lipinski definition) is 2. The summed E-state index contributed by atoms with van der Waals surface area (Å²) in [7, 11) is -2.34. The molecule has 1 N–H and O–H groups in total. The largest absolute Gasteiger partial charge is 0.396 e. The van der Waals surface area contributed by atoms with Crippen LogP contribution < -0.4 is 0 Å². The zero-order chi connectivity index (χ0) is 9.14. The number of aliphatic hydroxyl groups is 1. The van der Waals surface area contributed by atoms with Gasteiger partial charge in [-0.1, -0.05) is 13.3 Å². The minimum absolute atomic E-state index is 0.00365. The maximum absolute atomic E-state index is 10.8. The van der Waals surface area contributed by atoms with E-state index in [9.17, 15) is 8.42 Å². The van der Waals surface area contributed by atoms with E-state index < -0.39 is 10.7 Å². The van der Waals surface area contributed by atoms with Crippen LogP contribution >= 0.6 is 0 Å². The summed E-state index contributed by atoms with van der Waals surface area (Å²) in [6.07, 6.45) is 2.65. The quantitative estimate of drug-likeness (QED) is 0.636. The average Bonchev–Trinajstić information content (AvgIpc) is 2.47. The van der Waals surface area contributed by atoms with Crippen LogP contribution in [0.3, 0.4) is 0 Å². The van der Waals surface area contributed by atoms with Crippen molar-refractivity contribution in [3.8, 4) is 0 Å². The molecule has 1 saturated carbocycles. The first-order chi connectivity index (χ1) is 5.69. The molecule has 0 saturated heterocycles. The molecule has 0 spiro atoms. The minimum Gasteiger partial charge on any atom is -0.396 e. The van der Waals surface area contributed by atoms with Crippen molar-refractivity contribution in [1.29, 1.82) is 0 Å². The summed E-state index contributed by atoms with van der Waals surface area (Å²) in [5, 5.41) is 8.66. The van der Waals surface area contributed by atoms with Gasteiger partial charge in [0.15, 0.2) is 0 Å². The second-order valence-corrected chi connectivity index (χ2v) is 4.78. The van der Waals surface area contributed by atoms with Gasteiger partial charge < -0.3 is 5.11 Å². The lowest BCUT2D eigenvalue weighted by atomic mass is 10.0. The molecule has 1 aliphatic carbocycles. The number of aliphatic hydroxyl groups excluding tert-OH is 1. The van der Waals surface area contributed by atoms with Crippen molar-refractivity contribution in [3.05, 3.63) is 0 Å². The first-order valence-corrected chi connectivity index (χ1v) is 5.68. The van der Waals surface area contributed by atoms with Crippen molar-refractivity contribution in [2.75, 3.05) is 6.61 Å². The maximum Gasteiger partial charge on any atom is 0.143 e. The minimum atomic E-state index is -2.34. The SMILES string of the molecule is CCC1CC(CO)C([SH](=O)=O)C1. The van der Waals surface area contributed by atoms with E-state index in [1.54, 1.807) is 0 Å². The number of rotatable bonds is 3. The van der Waals surface area contributed by atoms with Crippen molar-refractivity contribution in [3.63, 3.8) is 0 Å². The monoisotopic (exact) mass is 192 g/mol. The first-order valence-electron chi connectivity index (χ1n) is 4.43. The topological polar surface area (TPSA) is 54.4 Å². The van der Waals surface area contributed by atoms with Crippen molar-refractivity contribution in [2.24, 2.45) is 11.8 Å². The van der Waals surface area contributed by atoms with E-state index in [4.69, 9.17) is 5.11 Å². The normalized spacial score (nSPS) is 36.1. The van der Waals surface area contributed by atoms with E-state index in [2.05, 4.69) is 6.92 Å². The molecule has 3 nitrogen and oxygen atoms in total. The predicted molar refractivity (Wildman–Crippen MR) is 47.7 cm³/mol. The van der Waals surface area contributed by atoms with Gasteiger partial charge >= 0.3 is 0 Å². The molecule has 1 rings (SSSR count). The van der Waals surface area contributed by atoms with Crippen LogP contribution in [0.4, 0.5) is 0 Å². The molecule has 0 radical (unpaired) electrons. The predicted octanol–water partition coefficient (Wildman–Crippen LogP) is 0.395. The van der Waals surface area contributed by atoms with Gasteiger partial charge in [0.2, 0.25) is 0 Å². The van der Waals surface area contributed by atoms with E-state index in [1.165, 1.54) is 0 Å². The van der Waals surface area contributed by atoms with Gasteiger partial charge in [0.1, 0.15) is 10.7 Å². The van der Waals surface area contributed by atoms with Crippen LogP contribution in [0.1, 0.15) is 26.2 Å². The summed E-state index contributed by atoms with van der Waals surface area (Å²) < 4.78 is 21.5. The molecule has 0 aliphatic heterocycles. The molecule has 0 aromatic rings. The van der Waals surface area contributed by atoms with Gasteiger partial charge in [-0.15, -0.1) is 0 Å². The molecule has 0 amide bonds. The Hall–Kier alpha value is -0.0900. The van der Waals surface area contributed by atoms with Crippen molar-refractivity contribution in [1.82, 2.24) is 0 Å². The van der Waals surface area contributed by atoms with Gasteiger partial charge in [-0.05, 0) is 24.7 Å². The van der Waals surface area contributed by atoms with Crippen LogP contribution in [0.25, 0.3) is 0 Å². The summed E-state index contributed by atoms with van der Waals surface area (Å²) in [6.45, 7) is 2.09. The summed E-state index contributed by atoms with van der Waals surface area (Å²) in [4.78, 5) is 0. The lowest BCUT2D eigenvalue weighted by molar-refractivity contribution is 0.227. The van der Waals surface area contributed by atoms with Crippen molar-refractivity contribution >= 4 is 10.7 Å². The molecule has 0 aromatic carbocycles. The summed E-state index contributed by atoms with van der Waals surface area (Å²) in [5.74, 6) is 0.496. The molecule has 3 atom stereocenters. The second-order valence-electron chi connectivity index (χ2n) is 3.54. The molecule has 72 valence electrons. The fourth-order valence-electron chi connectivity index (χ4n) is 2.00. The Balaban J connectivity index is 2.62. The molecule has 0 aromatic heterocycles. The van der Waals surface area contributed by atoms with Gasteiger partial charge in [-0.2, -0.15) is 0 Å². The molecular formula is C8H16O3S. The van der Waals surface area contributed by atoms with Crippen LogP contribution in [0.2, 0.25) is 0 Å². The molecule has 3 unspecified atom stereocenters. The Morgan fingerprint density at radius 3 is 2.42 bits per heavy atom. The summed E-state index contributed by atoms with van der Waals surface area (Å²) >= 11 is 0. The molecule has 0 bridgehead atoms. The number of hydrogen-bond acceptors (Lipinski definition) is 3. The zero-order valence-electron chi connectivity index (χ0n) is 7.27. The van der Waals surface area contributed by atoms with Crippen LogP contribution in [-0.2, 0) is 10.7 Å². The highest BCUT2D eigenvalue weighted by atomic mass is 32.2. The molecule has 1 aliphatic rings. The third-order valence-corrected chi connectivity index (χ3v) is 4.01. The third-order valence-electron chi connectivity index (χ3n) is 2.84. The molecular weight excluding hydrogens is 176 g/mol. The third kappa shape index (κ3) is 1.98. The van der Waals surface area contributed by atoms with Gasteiger partial charge in [0.25, 0.3) is 0 Å². The zero-order valence-corrected chi connectivity index (χ0v) is 8.17. The molecule has 12 heavy (non-hydrogen) atoms. The Kier molecular flexibility index (Phi) is 3.53. The Labute approximate surface area is 74.7 Å². The Bertz CT molecular complexity index is 204. The van der Waals surface area contributed by atoms with Crippen LogP contribution in [-0.4, -0.2) is 25.4 Å². The lowest BCUT2D eigenvalue weighted by Crippen LogP contribution is -2.18.